The molecular weight excluding hydrogens is 404 g/mol. The summed E-state index contributed by atoms with van der Waals surface area (Å²) < 4.78 is 31.4. The molecule has 0 aliphatic carbocycles. The number of rotatable bonds is 4. The van der Waals surface area contributed by atoms with Crippen molar-refractivity contribution < 1.29 is 17.9 Å². The van der Waals surface area contributed by atoms with Crippen LogP contribution in [-0.4, -0.2) is 71.4 Å². The van der Waals surface area contributed by atoms with E-state index < -0.39 is 16.1 Å². The van der Waals surface area contributed by atoms with Gasteiger partial charge in [-0.1, -0.05) is 12.1 Å². The first-order chi connectivity index (χ1) is 14.3. The lowest BCUT2D eigenvalue weighted by molar-refractivity contribution is -0.122. The fourth-order valence-electron chi connectivity index (χ4n) is 3.70. The zero-order valence-electron chi connectivity index (χ0n) is 17.1. The minimum atomic E-state index is -3.54. The van der Waals surface area contributed by atoms with Gasteiger partial charge in [-0.25, -0.2) is 8.42 Å². The Kier molecular flexibility index (Phi) is 5.57. The molecule has 2 aliphatic rings. The Morgan fingerprint density at radius 1 is 1.03 bits per heavy atom. The van der Waals surface area contributed by atoms with Crippen molar-refractivity contribution in [1.82, 2.24) is 4.90 Å². The molecule has 1 atom stereocenters. The molecule has 0 spiro atoms. The minimum absolute atomic E-state index is 0.0684. The molecule has 0 radical (unpaired) electrons. The van der Waals surface area contributed by atoms with Crippen LogP contribution in [0.5, 0.6) is 5.75 Å². The number of nitrogens with zero attached hydrogens (tertiary/aromatic N) is 3. The molecule has 1 amide bonds. The second-order valence-corrected chi connectivity index (χ2v) is 9.60. The average molecular weight is 431 g/mol. The summed E-state index contributed by atoms with van der Waals surface area (Å²) in [5.41, 5.74) is 2.21. The number of carbonyl (C=O) groups is 1. The Balaban J connectivity index is 1.45. The number of sulfonamides is 1. The second kappa shape index (κ2) is 8.16. The summed E-state index contributed by atoms with van der Waals surface area (Å²) in [7, 11) is -1.42. The van der Waals surface area contributed by atoms with Crippen LogP contribution in [0.15, 0.2) is 48.5 Å². The standard InChI is InChI=1S/C21H26N4O4S/c1-23-11-13-24(14-12-23)17-9-7-16(8-10-17)22-21(26)20-15-25(30(2,27)28)18-5-3-4-6-19(18)29-20/h3-10,20H,11-15H2,1-2H3,(H,22,26)/t20-/m1/s1. The highest BCUT2D eigenvalue weighted by Crippen LogP contribution is 2.34. The maximum absolute atomic E-state index is 12.8. The molecule has 30 heavy (non-hydrogen) atoms. The third kappa shape index (κ3) is 4.36. The summed E-state index contributed by atoms with van der Waals surface area (Å²) in [6.07, 6.45) is 0.188. The Hall–Kier alpha value is -2.78. The van der Waals surface area contributed by atoms with E-state index in [1.54, 1.807) is 24.3 Å². The number of hydrogen-bond acceptors (Lipinski definition) is 6. The highest BCUT2D eigenvalue weighted by atomic mass is 32.2. The summed E-state index contributed by atoms with van der Waals surface area (Å²) in [6, 6.07) is 14.5. The van der Waals surface area contributed by atoms with Gasteiger partial charge in [0.25, 0.3) is 5.91 Å². The van der Waals surface area contributed by atoms with E-state index in [0.717, 1.165) is 38.1 Å². The number of benzene rings is 2. The van der Waals surface area contributed by atoms with Gasteiger partial charge in [-0.3, -0.25) is 9.10 Å². The first-order valence-electron chi connectivity index (χ1n) is 9.89. The van der Waals surface area contributed by atoms with Crippen LogP contribution in [0.1, 0.15) is 0 Å². The lowest BCUT2D eigenvalue weighted by atomic mass is 10.2. The SMILES string of the molecule is CN1CCN(c2ccc(NC(=O)[C@H]3CN(S(C)(=O)=O)c4ccccc4O3)cc2)CC1. The van der Waals surface area contributed by atoms with Crippen molar-refractivity contribution >= 4 is 33.0 Å². The van der Waals surface area contributed by atoms with Crippen molar-refractivity contribution in [3.63, 3.8) is 0 Å². The van der Waals surface area contributed by atoms with Gasteiger partial charge in [0, 0.05) is 37.6 Å². The van der Waals surface area contributed by atoms with Gasteiger partial charge in [0.2, 0.25) is 10.0 Å². The van der Waals surface area contributed by atoms with Crippen molar-refractivity contribution in [2.45, 2.75) is 6.10 Å². The topological polar surface area (TPSA) is 82.2 Å². The molecule has 4 rings (SSSR count). The van der Waals surface area contributed by atoms with Crippen LogP contribution < -0.4 is 19.3 Å². The van der Waals surface area contributed by atoms with Gasteiger partial charge < -0.3 is 19.9 Å². The van der Waals surface area contributed by atoms with Crippen molar-refractivity contribution in [3.05, 3.63) is 48.5 Å². The molecule has 8 nitrogen and oxygen atoms in total. The smallest absolute Gasteiger partial charge is 0.267 e. The number of nitrogens with one attached hydrogen (secondary N) is 1. The number of amides is 1. The van der Waals surface area contributed by atoms with Gasteiger partial charge >= 0.3 is 0 Å². The van der Waals surface area contributed by atoms with Crippen molar-refractivity contribution in [2.24, 2.45) is 0 Å². The van der Waals surface area contributed by atoms with E-state index in [2.05, 4.69) is 22.2 Å². The molecule has 0 aromatic heterocycles. The van der Waals surface area contributed by atoms with Crippen LogP contribution in [0.25, 0.3) is 0 Å². The van der Waals surface area contributed by atoms with Crippen molar-refractivity contribution in [2.75, 3.05) is 60.5 Å². The monoisotopic (exact) mass is 430 g/mol. The molecular formula is C21H26N4O4S. The van der Waals surface area contributed by atoms with Gasteiger partial charge in [0.1, 0.15) is 5.75 Å². The lowest BCUT2D eigenvalue weighted by Gasteiger charge is -2.34. The quantitative estimate of drug-likeness (QED) is 0.794. The molecule has 2 aromatic rings. The zero-order valence-corrected chi connectivity index (χ0v) is 17.9. The molecule has 160 valence electrons. The molecule has 9 heteroatoms. The number of ether oxygens (including phenoxy) is 1. The lowest BCUT2D eigenvalue weighted by Crippen LogP contribution is -2.48. The highest BCUT2D eigenvalue weighted by molar-refractivity contribution is 7.92. The maximum Gasteiger partial charge on any atom is 0.267 e. The minimum Gasteiger partial charge on any atom is -0.476 e. The molecule has 1 saturated heterocycles. The molecule has 1 fully saturated rings. The van der Waals surface area contributed by atoms with Gasteiger partial charge in [-0.05, 0) is 43.4 Å². The van der Waals surface area contributed by atoms with Gasteiger partial charge in [-0.15, -0.1) is 0 Å². The van der Waals surface area contributed by atoms with Crippen molar-refractivity contribution in [3.8, 4) is 5.75 Å². The number of anilines is 3. The van der Waals surface area contributed by atoms with Crippen LogP contribution in [-0.2, 0) is 14.8 Å². The average Bonchev–Trinajstić information content (AvgIpc) is 2.73. The first kappa shape index (κ1) is 20.5. The fraction of sp³-hybridized carbons (Fsp3) is 0.381. The van der Waals surface area contributed by atoms with Crippen LogP contribution in [0, 0.1) is 0 Å². The van der Waals surface area contributed by atoms with Gasteiger partial charge in [-0.2, -0.15) is 0 Å². The predicted molar refractivity (Wildman–Crippen MR) is 118 cm³/mol. The largest absolute Gasteiger partial charge is 0.476 e. The molecule has 0 unspecified atom stereocenters. The molecule has 2 aromatic carbocycles. The number of carbonyl (C=O) groups excluding carboxylic acids is 1. The van der Waals surface area contributed by atoms with Gasteiger partial charge in [0.05, 0.1) is 18.5 Å². The number of likely N-dealkylation sites (N-methyl/N-ethyl adjacent to an activating group) is 1. The van der Waals surface area contributed by atoms with Crippen LogP contribution in [0.4, 0.5) is 17.1 Å². The summed E-state index contributed by atoms with van der Waals surface area (Å²) >= 11 is 0. The number of fused-ring (bicyclic) bond motifs is 1. The van der Waals surface area contributed by atoms with Crippen LogP contribution in [0.3, 0.4) is 0 Å². The maximum atomic E-state index is 12.8. The Bertz CT molecular complexity index is 1020. The van der Waals surface area contributed by atoms with Crippen LogP contribution >= 0.6 is 0 Å². The van der Waals surface area contributed by atoms with E-state index in [1.165, 1.54) is 4.31 Å². The third-order valence-corrected chi connectivity index (χ3v) is 6.58. The Morgan fingerprint density at radius 3 is 2.37 bits per heavy atom. The predicted octanol–water partition coefficient (Wildman–Crippen LogP) is 1.60. The summed E-state index contributed by atoms with van der Waals surface area (Å²) in [4.78, 5) is 17.4. The van der Waals surface area contributed by atoms with Gasteiger partial charge in [0.15, 0.2) is 6.10 Å². The summed E-state index contributed by atoms with van der Waals surface area (Å²) in [5, 5.41) is 2.84. The van der Waals surface area contributed by atoms with E-state index >= 15 is 0 Å². The van der Waals surface area contributed by atoms with E-state index in [-0.39, 0.29) is 12.5 Å². The van der Waals surface area contributed by atoms with Crippen LogP contribution in [0.2, 0.25) is 0 Å². The Labute approximate surface area is 177 Å². The highest BCUT2D eigenvalue weighted by Gasteiger charge is 2.34. The molecule has 0 saturated carbocycles. The molecule has 2 heterocycles. The van der Waals surface area contributed by atoms with Crippen molar-refractivity contribution in [1.29, 1.82) is 0 Å². The first-order valence-corrected chi connectivity index (χ1v) is 11.7. The third-order valence-electron chi connectivity index (χ3n) is 5.43. The summed E-state index contributed by atoms with van der Waals surface area (Å²) in [5.74, 6) is -0.00904. The molecule has 2 aliphatic heterocycles. The summed E-state index contributed by atoms with van der Waals surface area (Å²) in [6.45, 7) is 3.92. The second-order valence-electron chi connectivity index (χ2n) is 7.69. The molecule has 1 N–H and O–H groups in total. The Morgan fingerprint density at radius 2 is 1.70 bits per heavy atom. The van der Waals surface area contributed by atoms with E-state index in [1.807, 2.05) is 24.3 Å². The van der Waals surface area contributed by atoms with E-state index in [0.29, 0.717) is 17.1 Å². The number of para-hydroxylation sites is 2. The molecule has 0 bridgehead atoms. The number of hydrogen-bond donors (Lipinski definition) is 1. The van der Waals surface area contributed by atoms with E-state index in [9.17, 15) is 13.2 Å². The normalized spacial score (nSPS) is 19.7. The number of piperazine rings is 1. The fourth-order valence-corrected chi connectivity index (χ4v) is 4.61. The zero-order chi connectivity index (χ0) is 21.3. The van der Waals surface area contributed by atoms with E-state index in [4.69, 9.17) is 4.74 Å².